The molecule has 0 unspecified atom stereocenters. The number of hydrogen-bond donors (Lipinski definition) is 1. The topological polar surface area (TPSA) is 73.1 Å². The van der Waals surface area contributed by atoms with E-state index in [9.17, 15) is 9.18 Å². The standard InChI is InChI=1S/C27H21BrFIN2O4/c1-3-5-18-8-17(10-23(34-2)26(18)35-15-16-6-4-7-21(29)9-16)14-31-32-27(33)24-12-19-11-20(28)13-22(30)25(19)36-24/h3-4,6-14H,1,5,15H2,2H3,(H,32,33)/b31-14-. The molecule has 4 rings (SSSR count). The number of nitrogens with one attached hydrogen (secondary N) is 1. The molecule has 3 aromatic carbocycles. The van der Waals surface area contributed by atoms with Crippen LogP contribution in [0.5, 0.6) is 11.5 Å². The lowest BCUT2D eigenvalue weighted by Gasteiger charge is -2.16. The molecule has 36 heavy (non-hydrogen) atoms. The largest absolute Gasteiger partial charge is 0.493 e. The molecule has 0 atom stereocenters. The van der Waals surface area contributed by atoms with Crippen LogP contribution in [0.25, 0.3) is 11.0 Å². The molecule has 0 aliphatic rings. The Morgan fingerprint density at radius 2 is 2.08 bits per heavy atom. The highest BCUT2D eigenvalue weighted by Gasteiger charge is 2.15. The van der Waals surface area contributed by atoms with E-state index in [2.05, 4.69) is 55.6 Å². The van der Waals surface area contributed by atoms with Crippen LogP contribution >= 0.6 is 38.5 Å². The number of ether oxygens (including phenoxy) is 2. The summed E-state index contributed by atoms with van der Waals surface area (Å²) in [6, 6.07) is 15.3. The molecule has 0 bridgehead atoms. The van der Waals surface area contributed by atoms with Gasteiger partial charge in [-0.25, -0.2) is 9.82 Å². The fourth-order valence-electron chi connectivity index (χ4n) is 3.57. The number of nitrogens with zero attached hydrogens (tertiary/aromatic N) is 1. The summed E-state index contributed by atoms with van der Waals surface area (Å²) >= 11 is 5.60. The summed E-state index contributed by atoms with van der Waals surface area (Å²) < 4.78 is 32.5. The third-order valence-corrected chi connectivity index (χ3v) is 6.41. The first-order valence-electron chi connectivity index (χ1n) is 10.8. The zero-order chi connectivity index (χ0) is 25.7. The van der Waals surface area contributed by atoms with Gasteiger partial charge >= 0.3 is 5.91 Å². The van der Waals surface area contributed by atoms with Crippen molar-refractivity contribution in [1.29, 1.82) is 0 Å². The molecular weight excluding hydrogens is 642 g/mol. The number of fused-ring (bicyclic) bond motifs is 1. The zero-order valence-corrected chi connectivity index (χ0v) is 22.9. The Kier molecular flexibility index (Phi) is 8.42. The van der Waals surface area contributed by atoms with Crippen molar-refractivity contribution in [3.8, 4) is 11.5 Å². The van der Waals surface area contributed by atoms with Crippen molar-refractivity contribution in [2.24, 2.45) is 5.10 Å². The number of allylic oxidation sites excluding steroid dienone is 1. The third kappa shape index (κ3) is 6.14. The van der Waals surface area contributed by atoms with Crippen LogP contribution in [0.4, 0.5) is 4.39 Å². The first-order chi connectivity index (χ1) is 17.4. The van der Waals surface area contributed by atoms with Crippen LogP contribution in [0.2, 0.25) is 0 Å². The van der Waals surface area contributed by atoms with Crippen LogP contribution in [0.3, 0.4) is 0 Å². The van der Waals surface area contributed by atoms with Crippen LogP contribution in [-0.4, -0.2) is 19.2 Å². The predicted octanol–water partition coefficient (Wildman–Crippen LogP) is 7.02. The van der Waals surface area contributed by atoms with Crippen molar-refractivity contribution in [2.75, 3.05) is 7.11 Å². The summed E-state index contributed by atoms with van der Waals surface area (Å²) in [6.07, 6.45) is 3.76. The van der Waals surface area contributed by atoms with Gasteiger partial charge in [-0.3, -0.25) is 4.79 Å². The smallest absolute Gasteiger partial charge is 0.307 e. The van der Waals surface area contributed by atoms with E-state index in [1.54, 1.807) is 30.3 Å². The van der Waals surface area contributed by atoms with E-state index >= 15 is 0 Å². The van der Waals surface area contributed by atoms with E-state index in [0.717, 1.165) is 19.0 Å². The maximum absolute atomic E-state index is 13.5. The normalized spacial score (nSPS) is 11.1. The summed E-state index contributed by atoms with van der Waals surface area (Å²) in [7, 11) is 1.53. The second-order valence-corrected chi connectivity index (χ2v) is 9.82. The van der Waals surface area contributed by atoms with Gasteiger partial charge in [0.15, 0.2) is 17.3 Å². The second kappa shape index (κ2) is 11.7. The molecule has 1 amide bonds. The van der Waals surface area contributed by atoms with Crippen molar-refractivity contribution < 1.29 is 23.1 Å². The summed E-state index contributed by atoms with van der Waals surface area (Å²) in [6.45, 7) is 3.99. The minimum atomic E-state index is -0.470. The maximum atomic E-state index is 13.5. The van der Waals surface area contributed by atoms with Gasteiger partial charge in [-0.2, -0.15) is 5.10 Å². The highest BCUT2D eigenvalue weighted by Crippen LogP contribution is 2.34. The van der Waals surface area contributed by atoms with Gasteiger partial charge in [0.2, 0.25) is 0 Å². The molecular formula is C27H21BrFIN2O4. The molecule has 1 aromatic heterocycles. The van der Waals surface area contributed by atoms with Crippen LogP contribution < -0.4 is 14.9 Å². The minimum Gasteiger partial charge on any atom is -0.493 e. The van der Waals surface area contributed by atoms with E-state index in [0.29, 0.717) is 34.6 Å². The molecule has 0 aliphatic carbocycles. The van der Waals surface area contributed by atoms with Crippen LogP contribution in [0.15, 0.2) is 81.2 Å². The number of furan rings is 1. The Balaban J connectivity index is 1.51. The maximum Gasteiger partial charge on any atom is 0.307 e. The molecule has 0 saturated carbocycles. The fourth-order valence-corrected chi connectivity index (χ4v) is 5.23. The molecule has 0 fully saturated rings. The molecule has 1 N–H and O–H groups in total. The highest BCUT2D eigenvalue weighted by atomic mass is 127. The number of hydrogen-bond acceptors (Lipinski definition) is 5. The number of hydrazone groups is 1. The van der Waals surface area contributed by atoms with Crippen molar-refractivity contribution in [3.05, 3.63) is 104 Å². The second-order valence-electron chi connectivity index (χ2n) is 7.74. The number of benzene rings is 3. The number of methoxy groups -OCH3 is 1. The van der Waals surface area contributed by atoms with Gasteiger partial charge in [0.05, 0.1) is 16.9 Å². The number of carbonyl (C=O) groups is 1. The lowest BCUT2D eigenvalue weighted by molar-refractivity contribution is 0.0929. The van der Waals surface area contributed by atoms with Crippen molar-refractivity contribution in [2.45, 2.75) is 13.0 Å². The number of halogens is 3. The third-order valence-electron chi connectivity index (χ3n) is 5.15. The lowest BCUT2D eigenvalue weighted by Crippen LogP contribution is -2.16. The summed E-state index contributed by atoms with van der Waals surface area (Å²) in [5, 5.41) is 4.89. The van der Waals surface area contributed by atoms with E-state index in [1.807, 2.05) is 18.2 Å². The molecule has 184 valence electrons. The van der Waals surface area contributed by atoms with Crippen LogP contribution in [-0.2, 0) is 13.0 Å². The lowest BCUT2D eigenvalue weighted by atomic mass is 10.1. The van der Waals surface area contributed by atoms with Gasteiger partial charge in [0.25, 0.3) is 0 Å². The Morgan fingerprint density at radius 3 is 2.83 bits per heavy atom. The molecule has 0 spiro atoms. The molecule has 1 heterocycles. The molecule has 9 heteroatoms. The average molecular weight is 663 g/mol. The molecule has 0 saturated heterocycles. The minimum absolute atomic E-state index is 0.157. The van der Waals surface area contributed by atoms with E-state index in [4.69, 9.17) is 13.9 Å². The van der Waals surface area contributed by atoms with Gasteiger partial charge in [-0.1, -0.05) is 34.1 Å². The molecule has 6 nitrogen and oxygen atoms in total. The van der Waals surface area contributed by atoms with Gasteiger partial charge in [-0.15, -0.1) is 6.58 Å². The SMILES string of the molecule is C=CCc1cc(/C=N\NC(=O)c2cc3cc(Br)cc(I)c3o2)cc(OC)c1OCc1cccc(F)c1. The quantitative estimate of drug-likeness (QED) is 0.0905. The zero-order valence-electron chi connectivity index (χ0n) is 19.2. The molecule has 0 radical (unpaired) electrons. The molecule has 0 aliphatic heterocycles. The van der Waals surface area contributed by atoms with Crippen LogP contribution in [0.1, 0.15) is 27.2 Å². The Bertz CT molecular complexity index is 1470. The average Bonchev–Trinajstić information content (AvgIpc) is 3.28. The number of rotatable bonds is 9. The Morgan fingerprint density at radius 1 is 1.25 bits per heavy atom. The number of carbonyl (C=O) groups excluding carboxylic acids is 1. The van der Waals surface area contributed by atoms with Gasteiger partial charge < -0.3 is 13.9 Å². The van der Waals surface area contributed by atoms with E-state index in [1.165, 1.54) is 25.5 Å². The Hall–Kier alpha value is -3.18. The summed E-state index contributed by atoms with van der Waals surface area (Å²) in [5.74, 6) is 0.377. The fraction of sp³-hybridized carbons (Fsp3) is 0.111. The monoisotopic (exact) mass is 662 g/mol. The summed E-state index contributed by atoms with van der Waals surface area (Å²) in [5.41, 5.74) is 5.33. The molecule has 4 aromatic rings. The van der Waals surface area contributed by atoms with E-state index < -0.39 is 5.91 Å². The Labute approximate surface area is 229 Å². The van der Waals surface area contributed by atoms with Crippen molar-refractivity contribution >= 4 is 61.6 Å². The van der Waals surface area contributed by atoms with Crippen molar-refractivity contribution in [1.82, 2.24) is 5.43 Å². The van der Waals surface area contributed by atoms with Gasteiger partial charge in [0.1, 0.15) is 18.0 Å². The first kappa shape index (κ1) is 25.9. The van der Waals surface area contributed by atoms with Gasteiger partial charge in [0, 0.05) is 15.4 Å². The predicted molar refractivity (Wildman–Crippen MR) is 149 cm³/mol. The first-order valence-corrected chi connectivity index (χ1v) is 12.7. The van der Waals surface area contributed by atoms with Crippen LogP contribution in [0, 0.1) is 9.39 Å². The van der Waals surface area contributed by atoms with Gasteiger partial charge in [-0.05, 0) is 82.6 Å². The highest BCUT2D eigenvalue weighted by molar-refractivity contribution is 14.1. The summed E-state index contributed by atoms with van der Waals surface area (Å²) in [4.78, 5) is 12.6. The van der Waals surface area contributed by atoms with E-state index in [-0.39, 0.29) is 18.2 Å². The van der Waals surface area contributed by atoms with Crippen molar-refractivity contribution in [3.63, 3.8) is 0 Å². The number of amides is 1.